The summed E-state index contributed by atoms with van der Waals surface area (Å²) in [5, 5.41) is 5.40. The van der Waals surface area contributed by atoms with Crippen molar-refractivity contribution in [2.24, 2.45) is 0 Å². The molecule has 0 fully saturated rings. The molecule has 2 N–H and O–H groups in total. The zero-order valence-corrected chi connectivity index (χ0v) is 17.7. The van der Waals surface area contributed by atoms with Crippen molar-refractivity contribution in [1.29, 1.82) is 0 Å². The maximum absolute atomic E-state index is 12.5. The first kappa shape index (κ1) is 22.7. The van der Waals surface area contributed by atoms with Gasteiger partial charge in [0.1, 0.15) is 0 Å². The Hall–Kier alpha value is -3.55. The van der Waals surface area contributed by atoms with Crippen LogP contribution in [-0.2, 0) is 9.59 Å². The van der Waals surface area contributed by atoms with Gasteiger partial charge in [0.25, 0.3) is 5.91 Å². The Bertz CT molecular complexity index is 896. The minimum absolute atomic E-state index is 0.122. The minimum Gasteiger partial charge on any atom is -0.490 e. The highest BCUT2D eigenvalue weighted by Crippen LogP contribution is 2.30. The number of amides is 3. The van der Waals surface area contributed by atoms with E-state index in [0.717, 1.165) is 0 Å². The number of hydrogen-bond donors (Lipinski definition) is 2. The second-order valence-corrected chi connectivity index (χ2v) is 6.50. The van der Waals surface area contributed by atoms with E-state index in [1.807, 2.05) is 13.8 Å². The molecule has 0 radical (unpaired) electrons. The largest absolute Gasteiger partial charge is 0.490 e. The number of nitrogens with one attached hydrogen (secondary N) is 2. The van der Waals surface area contributed by atoms with Gasteiger partial charge >= 0.3 is 0 Å². The normalized spacial score (nSPS) is 10.1. The summed E-state index contributed by atoms with van der Waals surface area (Å²) in [6.07, 6.45) is 0. The average molecular weight is 413 g/mol. The number of hydrogen-bond acceptors (Lipinski definition) is 5. The van der Waals surface area contributed by atoms with Gasteiger partial charge in [-0.1, -0.05) is 0 Å². The highest BCUT2D eigenvalue weighted by Gasteiger charge is 2.16. The van der Waals surface area contributed by atoms with E-state index in [1.54, 1.807) is 49.5 Å². The van der Waals surface area contributed by atoms with Gasteiger partial charge in [0, 0.05) is 37.0 Å². The summed E-state index contributed by atoms with van der Waals surface area (Å²) < 4.78 is 11.1. The van der Waals surface area contributed by atoms with Crippen molar-refractivity contribution < 1.29 is 23.9 Å². The Balaban J connectivity index is 1.99. The first-order chi connectivity index (χ1) is 14.3. The molecule has 0 aliphatic carbocycles. The maximum Gasteiger partial charge on any atom is 0.254 e. The molecule has 0 unspecified atom stereocenters. The fourth-order valence-electron chi connectivity index (χ4n) is 2.74. The standard InChI is InChI=1S/C22H27N3O5/c1-5-29-19-12-11-18(13-20(19)30-6-2)24-21(27)14-25(4)22(28)16-7-9-17(10-8-16)23-15(3)26/h7-13H,5-6,14H2,1-4H3,(H,23,26)(H,24,27). The van der Waals surface area contributed by atoms with E-state index in [9.17, 15) is 14.4 Å². The molecule has 0 spiro atoms. The van der Waals surface area contributed by atoms with Gasteiger partial charge in [0.15, 0.2) is 11.5 Å². The van der Waals surface area contributed by atoms with Crippen molar-refractivity contribution in [3.8, 4) is 11.5 Å². The summed E-state index contributed by atoms with van der Waals surface area (Å²) in [4.78, 5) is 37.3. The molecule has 0 heterocycles. The molecule has 0 bridgehead atoms. The summed E-state index contributed by atoms with van der Waals surface area (Å²) in [5.41, 5.74) is 1.56. The molecule has 30 heavy (non-hydrogen) atoms. The zero-order valence-electron chi connectivity index (χ0n) is 17.7. The van der Waals surface area contributed by atoms with Crippen molar-refractivity contribution in [2.75, 3.05) is 37.4 Å². The van der Waals surface area contributed by atoms with E-state index in [1.165, 1.54) is 11.8 Å². The average Bonchev–Trinajstić information content (AvgIpc) is 2.69. The number of ether oxygens (including phenoxy) is 2. The van der Waals surface area contributed by atoms with Crippen molar-refractivity contribution in [3.05, 3.63) is 48.0 Å². The van der Waals surface area contributed by atoms with Crippen LogP contribution in [0.4, 0.5) is 11.4 Å². The molecule has 0 aliphatic rings. The number of likely N-dealkylation sites (N-methyl/N-ethyl adjacent to an activating group) is 1. The fourth-order valence-corrected chi connectivity index (χ4v) is 2.74. The number of nitrogens with zero attached hydrogens (tertiary/aromatic N) is 1. The van der Waals surface area contributed by atoms with E-state index >= 15 is 0 Å². The predicted molar refractivity (Wildman–Crippen MR) is 115 cm³/mol. The molecule has 0 saturated carbocycles. The van der Waals surface area contributed by atoms with E-state index < -0.39 is 0 Å². The summed E-state index contributed by atoms with van der Waals surface area (Å²) in [6, 6.07) is 11.6. The smallest absolute Gasteiger partial charge is 0.254 e. The Morgan fingerprint density at radius 2 is 1.47 bits per heavy atom. The molecule has 2 aromatic rings. The highest BCUT2D eigenvalue weighted by molar-refractivity contribution is 5.99. The topological polar surface area (TPSA) is 97.0 Å². The lowest BCUT2D eigenvalue weighted by Crippen LogP contribution is -2.34. The number of carbonyl (C=O) groups excluding carboxylic acids is 3. The summed E-state index contributed by atoms with van der Waals surface area (Å²) >= 11 is 0. The van der Waals surface area contributed by atoms with Crippen LogP contribution in [0.25, 0.3) is 0 Å². The summed E-state index contributed by atoms with van der Waals surface area (Å²) in [7, 11) is 1.55. The van der Waals surface area contributed by atoms with Gasteiger partial charge in [-0.05, 0) is 50.2 Å². The number of anilines is 2. The second-order valence-electron chi connectivity index (χ2n) is 6.50. The lowest BCUT2D eigenvalue weighted by atomic mass is 10.2. The van der Waals surface area contributed by atoms with Crippen LogP contribution < -0.4 is 20.1 Å². The molecule has 0 aliphatic heterocycles. The molecule has 8 heteroatoms. The van der Waals surface area contributed by atoms with Gasteiger partial charge in [-0.25, -0.2) is 0 Å². The molecule has 8 nitrogen and oxygen atoms in total. The minimum atomic E-state index is -0.340. The van der Waals surface area contributed by atoms with Crippen molar-refractivity contribution in [3.63, 3.8) is 0 Å². The molecule has 0 saturated heterocycles. The Morgan fingerprint density at radius 3 is 2.07 bits per heavy atom. The van der Waals surface area contributed by atoms with E-state index in [2.05, 4.69) is 10.6 Å². The van der Waals surface area contributed by atoms with Gasteiger partial charge in [-0.2, -0.15) is 0 Å². The van der Waals surface area contributed by atoms with Crippen LogP contribution in [0.2, 0.25) is 0 Å². The van der Waals surface area contributed by atoms with Crippen molar-refractivity contribution in [1.82, 2.24) is 4.90 Å². The molecule has 160 valence electrons. The van der Waals surface area contributed by atoms with Crippen molar-refractivity contribution >= 4 is 29.1 Å². The van der Waals surface area contributed by atoms with E-state index in [-0.39, 0.29) is 24.3 Å². The molecule has 2 rings (SSSR count). The summed E-state index contributed by atoms with van der Waals surface area (Å²) in [5.74, 6) is 0.311. The van der Waals surface area contributed by atoms with Gasteiger partial charge in [-0.15, -0.1) is 0 Å². The van der Waals surface area contributed by atoms with Gasteiger partial charge in [0.05, 0.1) is 19.8 Å². The molecular formula is C22H27N3O5. The molecule has 0 atom stereocenters. The first-order valence-corrected chi connectivity index (χ1v) is 9.66. The van der Waals surface area contributed by atoms with Crippen LogP contribution in [0.3, 0.4) is 0 Å². The third-order valence-corrected chi connectivity index (χ3v) is 4.01. The third kappa shape index (κ3) is 6.51. The fraction of sp³-hybridized carbons (Fsp3) is 0.318. The number of carbonyl (C=O) groups is 3. The van der Waals surface area contributed by atoms with Crippen LogP contribution in [0.5, 0.6) is 11.5 Å². The number of rotatable bonds is 9. The van der Waals surface area contributed by atoms with Crippen LogP contribution in [-0.4, -0.2) is 49.4 Å². The van der Waals surface area contributed by atoms with E-state index in [4.69, 9.17) is 9.47 Å². The summed E-state index contributed by atoms with van der Waals surface area (Å²) in [6.45, 7) is 6.01. The molecular weight excluding hydrogens is 386 g/mol. The van der Waals surface area contributed by atoms with Gasteiger partial charge in [-0.3, -0.25) is 14.4 Å². The third-order valence-electron chi connectivity index (χ3n) is 4.01. The molecule has 0 aromatic heterocycles. The van der Waals surface area contributed by atoms with E-state index in [0.29, 0.717) is 41.7 Å². The van der Waals surface area contributed by atoms with Gasteiger partial charge in [0.2, 0.25) is 11.8 Å². The van der Waals surface area contributed by atoms with Crippen LogP contribution >= 0.6 is 0 Å². The van der Waals surface area contributed by atoms with Gasteiger partial charge < -0.3 is 25.0 Å². The van der Waals surface area contributed by atoms with Crippen LogP contribution in [0.15, 0.2) is 42.5 Å². The lowest BCUT2D eigenvalue weighted by molar-refractivity contribution is -0.116. The quantitative estimate of drug-likeness (QED) is 0.658. The Morgan fingerprint density at radius 1 is 0.867 bits per heavy atom. The lowest BCUT2D eigenvalue weighted by Gasteiger charge is -2.18. The first-order valence-electron chi connectivity index (χ1n) is 9.66. The Labute approximate surface area is 176 Å². The SMILES string of the molecule is CCOc1ccc(NC(=O)CN(C)C(=O)c2ccc(NC(C)=O)cc2)cc1OCC. The van der Waals surface area contributed by atoms with Crippen LogP contribution in [0.1, 0.15) is 31.1 Å². The molecule has 3 amide bonds. The monoisotopic (exact) mass is 413 g/mol. The Kier molecular flexibility index (Phi) is 8.22. The maximum atomic E-state index is 12.5. The van der Waals surface area contributed by atoms with Crippen molar-refractivity contribution in [2.45, 2.75) is 20.8 Å². The molecule has 2 aromatic carbocycles. The number of benzene rings is 2. The highest BCUT2D eigenvalue weighted by atomic mass is 16.5. The van der Waals surface area contributed by atoms with Crippen LogP contribution in [0, 0.1) is 0 Å². The second kappa shape index (κ2) is 10.8. The zero-order chi connectivity index (χ0) is 22.1. The predicted octanol–water partition coefficient (Wildman–Crippen LogP) is 3.15.